The molecular weight excluding hydrogens is 260 g/mol. The first kappa shape index (κ1) is 15.1. The maximum Gasteiger partial charge on any atom is 0.141 e. The fraction of sp³-hybridized carbons (Fsp3) is 0.333. The summed E-state index contributed by atoms with van der Waals surface area (Å²) in [6.07, 6.45) is 1.78. The van der Waals surface area contributed by atoms with Gasteiger partial charge in [0.2, 0.25) is 0 Å². The Morgan fingerprint density at radius 1 is 1.14 bits per heavy atom. The Kier molecular flexibility index (Phi) is 4.28. The highest BCUT2D eigenvalue weighted by atomic mass is 16.5. The number of fused-ring (bicyclic) bond motifs is 1. The van der Waals surface area contributed by atoms with E-state index in [1.54, 1.807) is 13.3 Å². The molecular formula is C18H20N2O. The summed E-state index contributed by atoms with van der Waals surface area (Å²) < 4.78 is 5.22. The molecule has 3 heteroatoms. The molecule has 3 nitrogen and oxygen atoms in total. The summed E-state index contributed by atoms with van der Waals surface area (Å²) >= 11 is 0. The van der Waals surface area contributed by atoms with E-state index < -0.39 is 0 Å². The number of ether oxygens (including phenoxy) is 1. The molecule has 2 aromatic carbocycles. The fourth-order valence-electron chi connectivity index (χ4n) is 2.06. The molecule has 0 heterocycles. The average Bonchev–Trinajstić information content (AvgIpc) is 2.45. The molecule has 0 bridgehead atoms. The van der Waals surface area contributed by atoms with E-state index in [1.165, 1.54) is 0 Å². The maximum atomic E-state index is 9.19. The van der Waals surface area contributed by atoms with Gasteiger partial charge in [-0.25, -0.2) is 0 Å². The van der Waals surface area contributed by atoms with Gasteiger partial charge < -0.3 is 4.74 Å². The number of nitriles is 1. The van der Waals surface area contributed by atoms with Crippen molar-refractivity contribution in [2.75, 3.05) is 7.11 Å². The largest absolute Gasteiger partial charge is 0.497 e. The Balaban J connectivity index is 2.30. The highest BCUT2D eigenvalue weighted by molar-refractivity contribution is 5.91. The van der Waals surface area contributed by atoms with Crippen molar-refractivity contribution in [3.63, 3.8) is 0 Å². The van der Waals surface area contributed by atoms with Crippen molar-refractivity contribution < 1.29 is 4.74 Å². The summed E-state index contributed by atoms with van der Waals surface area (Å²) in [5, 5.41) is 11.4. The van der Waals surface area contributed by atoms with Crippen LogP contribution in [0.15, 0.2) is 41.4 Å². The molecule has 2 rings (SSSR count). The second kappa shape index (κ2) is 5.97. The fourth-order valence-corrected chi connectivity index (χ4v) is 2.06. The van der Waals surface area contributed by atoms with Crippen LogP contribution in [0.3, 0.4) is 0 Å². The molecule has 0 fully saturated rings. The van der Waals surface area contributed by atoms with E-state index in [4.69, 9.17) is 4.74 Å². The van der Waals surface area contributed by atoms with Gasteiger partial charge in [-0.2, -0.15) is 5.26 Å². The lowest BCUT2D eigenvalue weighted by molar-refractivity contribution is 0.375. The molecule has 0 aliphatic rings. The third-order valence-corrected chi connectivity index (χ3v) is 3.39. The van der Waals surface area contributed by atoms with Crippen LogP contribution in [0.25, 0.3) is 10.8 Å². The predicted molar refractivity (Wildman–Crippen MR) is 87.0 cm³/mol. The minimum atomic E-state index is -0.343. The van der Waals surface area contributed by atoms with Crippen LogP contribution in [0.5, 0.6) is 5.75 Å². The number of rotatable bonds is 3. The van der Waals surface area contributed by atoms with E-state index in [1.807, 2.05) is 51.1 Å². The second-order valence-corrected chi connectivity index (χ2v) is 6.15. The van der Waals surface area contributed by atoms with E-state index >= 15 is 0 Å². The van der Waals surface area contributed by atoms with Gasteiger partial charge in [0.1, 0.15) is 11.8 Å². The minimum Gasteiger partial charge on any atom is -0.497 e. The Morgan fingerprint density at radius 2 is 1.81 bits per heavy atom. The first-order valence-electron chi connectivity index (χ1n) is 6.94. The summed E-state index contributed by atoms with van der Waals surface area (Å²) in [6, 6.07) is 14.0. The van der Waals surface area contributed by atoms with Crippen LogP contribution in [0.2, 0.25) is 0 Å². The van der Waals surface area contributed by atoms with Gasteiger partial charge in [0.15, 0.2) is 0 Å². The Morgan fingerprint density at radius 3 is 2.43 bits per heavy atom. The molecule has 108 valence electrons. The summed E-state index contributed by atoms with van der Waals surface area (Å²) in [5.74, 6) is 0.848. The normalized spacial score (nSPS) is 13.3. The van der Waals surface area contributed by atoms with Gasteiger partial charge >= 0.3 is 0 Å². The highest BCUT2D eigenvalue weighted by Gasteiger charge is 2.22. The van der Waals surface area contributed by atoms with E-state index in [2.05, 4.69) is 17.1 Å². The van der Waals surface area contributed by atoms with Crippen molar-refractivity contribution in [1.82, 2.24) is 0 Å². The lowest BCUT2D eigenvalue weighted by Gasteiger charge is -2.20. The molecule has 0 radical (unpaired) electrons. The molecule has 21 heavy (non-hydrogen) atoms. The van der Waals surface area contributed by atoms with Crippen molar-refractivity contribution in [1.29, 1.82) is 5.26 Å². The summed E-state index contributed by atoms with van der Waals surface area (Å²) in [4.78, 5) is 4.41. The van der Waals surface area contributed by atoms with Crippen molar-refractivity contribution in [3.05, 3.63) is 42.0 Å². The predicted octanol–water partition coefficient (Wildman–Crippen LogP) is 4.21. The van der Waals surface area contributed by atoms with Crippen LogP contribution in [-0.2, 0) is 0 Å². The van der Waals surface area contributed by atoms with Gasteiger partial charge in [-0.15, -0.1) is 0 Å². The van der Waals surface area contributed by atoms with Crippen LogP contribution < -0.4 is 4.74 Å². The molecule has 0 unspecified atom stereocenters. The summed E-state index contributed by atoms with van der Waals surface area (Å²) in [6.45, 7) is 6.06. The van der Waals surface area contributed by atoms with E-state index in [-0.39, 0.29) is 11.5 Å². The standard InChI is InChI=1S/C18H20N2O/c1-18(2,3)17(11-19)20-12-13-5-6-15-10-16(21-4)8-7-14(15)9-13/h5-10,12,17H,1-4H3/t17-/m1/s1. The van der Waals surface area contributed by atoms with Crippen molar-refractivity contribution >= 4 is 17.0 Å². The number of aliphatic imine (C=N–C) groups is 1. The van der Waals surface area contributed by atoms with Crippen molar-refractivity contribution in [2.45, 2.75) is 26.8 Å². The zero-order valence-corrected chi connectivity index (χ0v) is 12.9. The molecule has 0 aliphatic carbocycles. The van der Waals surface area contributed by atoms with E-state index in [0.29, 0.717) is 0 Å². The molecule has 0 amide bonds. The van der Waals surface area contributed by atoms with Gasteiger partial charge in [0.25, 0.3) is 0 Å². The van der Waals surface area contributed by atoms with Crippen LogP contribution in [0.4, 0.5) is 0 Å². The van der Waals surface area contributed by atoms with Crippen molar-refractivity contribution in [2.24, 2.45) is 10.4 Å². The molecule has 0 spiro atoms. The topological polar surface area (TPSA) is 45.4 Å². The monoisotopic (exact) mass is 280 g/mol. The van der Waals surface area contributed by atoms with Crippen molar-refractivity contribution in [3.8, 4) is 11.8 Å². The molecule has 0 saturated heterocycles. The molecule has 0 aromatic heterocycles. The molecule has 2 aromatic rings. The van der Waals surface area contributed by atoms with Crippen LogP contribution in [0.1, 0.15) is 26.3 Å². The summed E-state index contributed by atoms with van der Waals surface area (Å²) in [7, 11) is 1.66. The van der Waals surface area contributed by atoms with Crippen LogP contribution in [0, 0.1) is 16.7 Å². The maximum absolute atomic E-state index is 9.19. The molecule has 0 saturated carbocycles. The number of hydrogen-bond donors (Lipinski definition) is 0. The number of methoxy groups -OCH3 is 1. The zero-order valence-electron chi connectivity index (χ0n) is 12.9. The molecule has 0 N–H and O–H groups in total. The average molecular weight is 280 g/mol. The van der Waals surface area contributed by atoms with Gasteiger partial charge in [-0.05, 0) is 39.9 Å². The first-order chi connectivity index (χ1) is 9.94. The van der Waals surface area contributed by atoms with Gasteiger partial charge in [0, 0.05) is 6.21 Å². The van der Waals surface area contributed by atoms with E-state index in [9.17, 15) is 5.26 Å². The third kappa shape index (κ3) is 3.61. The SMILES string of the molecule is COc1ccc2cc(C=N[C@H](C#N)C(C)(C)C)ccc2c1. The number of hydrogen-bond acceptors (Lipinski definition) is 3. The second-order valence-electron chi connectivity index (χ2n) is 6.15. The smallest absolute Gasteiger partial charge is 0.141 e. The first-order valence-corrected chi connectivity index (χ1v) is 6.94. The number of benzene rings is 2. The molecule has 1 atom stereocenters. The van der Waals surface area contributed by atoms with Crippen LogP contribution in [-0.4, -0.2) is 19.4 Å². The zero-order chi connectivity index (χ0) is 15.5. The molecule has 0 aliphatic heterocycles. The van der Waals surface area contributed by atoms with Gasteiger partial charge in [-0.3, -0.25) is 4.99 Å². The highest BCUT2D eigenvalue weighted by Crippen LogP contribution is 2.23. The third-order valence-electron chi connectivity index (χ3n) is 3.39. The Hall–Kier alpha value is -2.34. The minimum absolute atomic E-state index is 0.157. The van der Waals surface area contributed by atoms with Gasteiger partial charge in [-0.1, -0.05) is 39.0 Å². The van der Waals surface area contributed by atoms with Crippen LogP contribution >= 0.6 is 0 Å². The lowest BCUT2D eigenvalue weighted by Crippen LogP contribution is -2.22. The lowest BCUT2D eigenvalue weighted by atomic mass is 9.88. The Labute approximate surface area is 125 Å². The summed E-state index contributed by atoms with van der Waals surface area (Å²) in [5.41, 5.74) is 0.840. The van der Waals surface area contributed by atoms with Gasteiger partial charge in [0.05, 0.1) is 13.2 Å². The Bertz CT molecular complexity index is 705. The quantitative estimate of drug-likeness (QED) is 0.791. The number of nitrogens with zero attached hydrogens (tertiary/aromatic N) is 2. The van der Waals surface area contributed by atoms with E-state index in [0.717, 1.165) is 22.1 Å².